The monoisotopic (exact) mass is 322 g/mol. The average Bonchev–Trinajstić information content (AvgIpc) is 3.07. The van der Waals surface area contributed by atoms with E-state index in [4.69, 9.17) is 9.47 Å². The summed E-state index contributed by atoms with van der Waals surface area (Å²) in [5.74, 6) is 0.969. The first-order valence-corrected chi connectivity index (χ1v) is 7.73. The molecule has 24 heavy (non-hydrogen) atoms. The normalized spacial score (nSPS) is 23.3. The van der Waals surface area contributed by atoms with Crippen molar-refractivity contribution in [1.29, 1.82) is 0 Å². The molecule has 0 fully saturated rings. The fraction of sp³-hybridized carbons (Fsp3) is 0.222. The standard InChI is InChI=1S/C18H14N2O4/c1-20-13-5-3-2-4-10(13)18(17(20)22)9-24-14-7-15-12(6-11(14)18)19-16(21)8-23-15/h2-7H,8-9H2,1H3,(H,19,21). The number of carbonyl (C=O) groups excluding carboxylic acids is 2. The third-order valence-electron chi connectivity index (χ3n) is 5.01. The highest BCUT2D eigenvalue weighted by molar-refractivity contribution is 6.11. The molecule has 120 valence electrons. The summed E-state index contributed by atoms with van der Waals surface area (Å²) < 4.78 is 11.3. The lowest BCUT2D eigenvalue weighted by atomic mass is 9.77. The van der Waals surface area contributed by atoms with Gasteiger partial charge >= 0.3 is 0 Å². The Hall–Kier alpha value is -3.02. The number of hydrogen-bond acceptors (Lipinski definition) is 4. The van der Waals surface area contributed by atoms with Gasteiger partial charge in [-0.25, -0.2) is 0 Å². The molecule has 6 nitrogen and oxygen atoms in total. The Labute approximate surface area is 138 Å². The van der Waals surface area contributed by atoms with Crippen LogP contribution in [0, 0.1) is 0 Å². The van der Waals surface area contributed by atoms with E-state index in [1.54, 1.807) is 18.0 Å². The van der Waals surface area contributed by atoms with Crippen molar-refractivity contribution >= 4 is 23.2 Å². The van der Waals surface area contributed by atoms with E-state index in [2.05, 4.69) is 5.32 Å². The molecular weight excluding hydrogens is 308 g/mol. The molecule has 1 N–H and O–H groups in total. The SMILES string of the molecule is CN1C(=O)C2(COc3cc4c(cc32)NC(=O)CO4)c2ccccc21. The number of nitrogens with zero attached hydrogens (tertiary/aromatic N) is 1. The quantitative estimate of drug-likeness (QED) is 0.801. The second-order valence-corrected chi connectivity index (χ2v) is 6.26. The predicted octanol–water partition coefficient (Wildman–Crippen LogP) is 1.67. The third-order valence-corrected chi connectivity index (χ3v) is 5.01. The molecule has 2 aromatic rings. The van der Waals surface area contributed by atoms with Crippen molar-refractivity contribution in [3.8, 4) is 11.5 Å². The maximum atomic E-state index is 13.1. The number of carbonyl (C=O) groups is 2. The minimum atomic E-state index is -0.863. The Bertz CT molecular complexity index is 923. The first kappa shape index (κ1) is 13.4. The number of likely N-dealkylation sites (N-methyl/N-ethyl adjacent to an activating group) is 1. The fourth-order valence-electron chi connectivity index (χ4n) is 3.86. The van der Waals surface area contributed by atoms with Crippen molar-refractivity contribution in [2.24, 2.45) is 0 Å². The maximum absolute atomic E-state index is 13.1. The molecule has 0 aliphatic carbocycles. The lowest BCUT2D eigenvalue weighted by Crippen LogP contribution is -2.41. The van der Waals surface area contributed by atoms with Crippen LogP contribution in [0.15, 0.2) is 36.4 Å². The number of hydrogen-bond donors (Lipinski definition) is 1. The predicted molar refractivity (Wildman–Crippen MR) is 86.7 cm³/mol. The van der Waals surface area contributed by atoms with Gasteiger partial charge in [0.15, 0.2) is 6.61 Å². The van der Waals surface area contributed by atoms with Gasteiger partial charge in [-0.2, -0.15) is 0 Å². The van der Waals surface area contributed by atoms with Gasteiger partial charge in [0.25, 0.3) is 5.91 Å². The van der Waals surface area contributed by atoms with E-state index >= 15 is 0 Å². The Kier molecular flexibility index (Phi) is 2.40. The van der Waals surface area contributed by atoms with Crippen molar-refractivity contribution in [3.63, 3.8) is 0 Å². The molecule has 3 aliphatic rings. The van der Waals surface area contributed by atoms with Gasteiger partial charge in [0.05, 0.1) is 5.69 Å². The maximum Gasteiger partial charge on any atom is 0.262 e. The third kappa shape index (κ3) is 1.45. The molecule has 0 saturated heterocycles. The summed E-state index contributed by atoms with van der Waals surface area (Å²) in [7, 11) is 1.78. The Balaban J connectivity index is 1.76. The van der Waals surface area contributed by atoms with E-state index in [0.717, 1.165) is 16.8 Å². The fourth-order valence-corrected chi connectivity index (χ4v) is 3.86. The summed E-state index contributed by atoms with van der Waals surface area (Å²) in [4.78, 5) is 26.4. The van der Waals surface area contributed by atoms with Gasteiger partial charge in [0, 0.05) is 24.4 Å². The highest BCUT2D eigenvalue weighted by atomic mass is 16.5. The summed E-state index contributed by atoms with van der Waals surface area (Å²) in [6.45, 7) is 0.237. The van der Waals surface area contributed by atoms with Crippen LogP contribution in [0.4, 0.5) is 11.4 Å². The largest absolute Gasteiger partial charge is 0.491 e. The number of rotatable bonds is 0. The van der Waals surface area contributed by atoms with Crippen molar-refractivity contribution in [2.75, 3.05) is 30.5 Å². The zero-order valence-corrected chi connectivity index (χ0v) is 13.0. The summed E-state index contributed by atoms with van der Waals surface area (Å²) >= 11 is 0. The minimum absolute atomic E-state index is 0.0125. The van der Waals surface area contributed by atoms with Crippen LogP contribution in [0.5, 0.6) is 11.5 Å². The lowest BCUT2D eigenvalue weighted by molar-refractivity contribution is -0.121. The van der Waals surface area contributed by atoms with Crippen molar-refractivity contribution in [3.05, 3.63) is 47.5 Å². The molecule has 2 amide bonds. The molecule has 0 saturated carbocycles. The molecule has 2 aromatic carbocycles. The van der Waals surface area contributed by atoms with E-state index in [-0.39, 0.29) is 25.0 Å². The van der Waals surface area contributed by atoms with Crippen LogP contribution in [0.25, 0.3) is 0 Å². The number of fused-ring (bicyclic) bond motifs is 5. The Morgan fingerprint density at radius 3 is 2.79 bits per heavy atom. The zero-order chi connectivity index (χ0) is 16.5. The zero-order valence-electron chi connectivity index (χ0n) is 13.0. The molecule has 6 heteroatoms. The molecule has 3 aliphatic heterocycles. The molecule has 0 aromatic heterocycles. The van der Waals surface area contributed by atoms with Gasteiger partial charge in [0.2, 0.25) is 5.91 Å². The Morgan fingerprint density at radius 2 is 1.92 bits per heavy atom. The molecular formula is C18H14N2O4. The molecule has 5 rings (SSSR count). The number of benzene rings is 2. The number of amides is 2. The van der Waals surface area contributed by atoms with Crippen LogP contribution in [0.3, 0.4) is 0 Å². The molecule has 3 heterocycles. The van der Waals surface area contributed by atoms with E-state index in [0.29, 0.717) is 17.2 Å². The number of anilines is 2. The highest BCUT2D eigenvalue weighted by Crippen LogP contribution is 2.53. The summed E-state index contributed by atoms with van der Waals surface area (Å²) in [6.07, 6.45) is 0. The van der Waals surface area contributed by atoms with Crippen molar-refractivity contribution < 1.29 is 19.1 Å². The topological polar surface area (TPSA) is 67.9 Å². The first-order valence-electron chi connectivity index (χ1n) is 7.73. The minimum Gasteiger partial charge on any atom is -0.491 e. The number of nitrogens with one attached hydrogen (secondary N) is 1. The average molecular weight is 322 g/mol. The summed E-state index contributed by atoms with van der Waals surface area (Å²) in [5.41, 5.74) is 2.30. The van der Waals surface area contributed by atoms with Crippen LogP contribution in [0.1, 0.15) is 11.1 Å². The van der Waals surface area contributed by atoms with E-state index in [9.17, 15) is 9.59 Å². The van der Waals surface area contributed by atoms with Crippen LogP contribution < -0.4 is 19.7 Å². The van der Waals surface area contributed by atoms with Crippen LogP contribution in [0.2, 0.25) is 0 Å². The van der Waals surface area contributed by atoms with E-state index in [1.807, 2.05) is 30.3 Å². The van der Waals surface area contributed by atoms with Gasteiger partial charge in [-0.15, -0.1) is 0 Å². The van der Waals surface area contributed by atoms with Crippen molar-refractivity contribution in [1.82, 2.24) is 0 Å². The van der Waals surface area contributed by atoms with Gasteiger partial charge < -0.3 is 19.7 Å². The van der Waals surface area contributed by atoms with Gasteiger partial charge in [-0.1, -0.05) is 18.2 Å². The van der Waals surface area contributed by atoms with E-state index in [1.165, 1.54) is 0 Å². The molecule has 1 unspecified atom stereocenters. The first-order chi connectivity index (χ1) is 11.6. The van der Waals surface area contributed by atoms with Gasteiger partial charge in [-0.05, 0) is 17.7 Å². The number of ether oxygens (including phenoxy) is 2. The van der Waals surface area contributed by atoms with E-state index < -0.39 is 5.41 Å². The highest BCUT2D eigenvalue weighted by Gasteiger charge is 2.56. The molecule has 1 atom stereocenters. The van der Waals surface area contributed by atoms with Crippen molar-refractivity contribution in [2.45, 2.75) is 5.41 Å². The van der Waals surface area contributed by atoms with Crippen LogP contribution in [-0.2, 0) is 15.0 Å². The Morgan fingerprint density at radius 1 is 1.08 bits per heavy atom. The summed E-state index contributed by atoms with van der Waals surface area (Å²) in [5, 5.41) is 2.80. The molecule has 0 bridgehead atoms. The summed E-state index contributed by atoms with van der Waals surface area (Å²) in [6, 6.07) is 11.3. The van der Waals surface area contributed by atoms with Crippen LogP contribution in [-0.4, -0.2) is 32.1 Å². The molecule has 1 spiro atoms. The second kappa shape index (κ2) is 4.29. The second-order valence-electron chi connectivity index (χ2n) is 6.26. The van der Waals surface area contributed by atoms with Gasteiger partial charge in [-0.3, -0.25) is 9.59 Å². The van der Waals surface area contributed by atoms with Crippen LogP contribution >= 0.6 is 0 Å². The molecule has 0 radical (unpaired) electrons. The lowest BCUT2D eigenvalue weighted by Gasteiger charge is -2.23. The smallest absolute Gasteiger partial charge is 0.262 e. The van der Waals surface area contributed by atoms with Gasteiger partial charge in [0.1, 0.15) is 23.5 Å². The number of para-hydroxylation sites is 1.